The van der Waals surface area contributed by atoms with E-state index < -0.39 is 15.8 Å². The number of nitrogens with one attached hydrogen (secondary N) is 1. The number of hydrogen-bond donors (Lipinski definition) is 1. The van der Waals surface area contributed by atoms with Gasteiger partial charge in [-0.1, -0.05) is 0 Å². The first kappa shape index (κ1) is 12.3. The fourth-order valence-corrected chi connectivity index (χ4v) is 3.58. The maximum atomic E-state index is 12.9. The van der Waals surface area contributed by atoms with Gasteiger partial charge in [0, 0.05) is 30.8 Å². The Hall–Kier alpha value is -1.73. The molecule has 0 saturated carbocycles. The molecule has 0 atom stereocenters. The van der Waals surface area contributed by atoms with Gasteiger partial charge in [-0.05, 0) is 24.3 Å². The van der Waals surface area contributed by atoms with Crippen LogP contribution < -0.4 is 0 Å². The fraction of sp³-hybridized carbons (Fsp3) is 0.250. The van der Waals surface area contributed by atoms with Crippen molar-refractivity contribution in [1.29, 1.82) is 0 Å². The average Bonchev–Trinajstić information content (AvgIpc) is 2.86. The predicted octanol–water partition coefficient (Wildman–Crippen LogP) is 1.30. The number of fused-ring (bicyclic) bond motifs is 1. The molecule has 0 saturated heterocycles. The van der Waals surface area contributed by atoms with E-state index in [2.05, 4.69) is 10.2 Å². The van der Waals surface area contributed by atoms with Crippen LogP contribution >= 0.6 is 0 Å². The smallest absolute Gasteiger partial charge is 0.243 e. The molecule has 0 radical (unpaired) electrons. The lowest BCUT2D eigenvalue weighted by molar-refractivity contribution is 0.390. The molecule has 1 aromatic carbocycles. The molecule has 3 rings (SSSR count). The number of rotatable bonds is 2. The van der Waals surface area contributed by atoms with Crippen molar-refractivity contribution < 1.29 is 12.8 Å². The van der Waals surface area contributed by atoms with Crippen LogP contribution in [0.2, 0.25) is 0 Å². The van der Waals surface area contributed by atoms with Gasteiger partial charge in [-0.2, -0.15) is 9.40 Å². The van der Waals surface area contributed by atoms with Crippen molar-refractivity contribution in [2.45, 2.75) is 17.9 Å². The quantitative estimate of drug-likeness (QED) is 0.902. The summed E-state index contributed by atoms with van der Waals surface area (Å²) in [5.74, 6) is -0.449. The van der Waals surface area contributed by atoms with Crippen LogP contribution in [0.4, 0.5) is 4.39 Å². The van der Waals surface area contributed by atoms with Crippen LogP contribution in [-0.4, -0.2) is 29.5 Å². The predicted molar refractivity (Wildman–Crippen MR) is 66.3 cm³/mol. The minimum Gasteiger partial charge on any atom is -0.282 e. The molecular formula is C12H12FN3O2S. The van der Waals surface area contributed by atoms with E-state index in [0.717, 1.165) is 23.4 Å². The van der Waals surface area contributed by atoms with Crippen LogP contribution in [0.5, 0.6) is 0 Å². The summed E-state index contributed by atoms with van der Waals surface area (Å²) >= 11 is 0. The number of aromatic nitrogens is 2. The molecule has 0 unspecified atom stereocenters. The standard InChI is InChI=1S/C12H12FN3O2S/c13-10-1-3-11(4-2-10)19(17,18)16-6-5-12-9(8-16)7-14-15-12/h1-4,7H,5-6,8H2,(H,14,15). The number of sulfonamides is 1. The largest absolute Gasteiger partial charge is 0.282 e. The lowest BCUT2D eigenvalue weighted by Crippen LogP contribution is -2.35. The zero-order chi connectivity index (χ0) is 13.5. The summed E-state index contributed by atoms with van der Waals surface area (Å²) in [6.07, 6.45) is 2.25. The molecule has 7 heteroatoms. The van der Waals surface area contributed by atoms with E-state index in [1.165, 1.54) is 16.4 Å². The zero-order valence-corrected chi connectivity index (χ0v) is 10.8. The monoisotopic (exact) mass is 281 g/mol. The summed E-state index contributed by atoms with van der Waals surface area (Å²) in [4.78, 5) is 0.112. The van der Waals surface area contributed by atoms with Crippen LogP contribution in [0.15, 0.2) is 35.4 Å². The maximum Gasteiger partial charge on any atom is 0.243 e. The van der Waals surface area contributed by atoms with Crippen LogP contribution in [0.3, 0.4) is 0 Å². The van der Waals surface area contributed by atoms with Crippen molar-refractivity contribution in [2.75, 3.05) is 6.54 Å². The highest BCUT2D eigenvalue weighted by Gasteiger charge is 2.28. The SMILES string of the molecule is O=S(=O)(c1ccc(F)cc1)N1CCc2[nH]ncc2C1. The van der Waals surface area contributed by atoms with Gasteiger partial charge in [0.15, 0.2) is 0 Å². The summed E-state index contributed by atoms with van der Waals surface area (Å²) < 4.78 is 39.0. The molecule has 19 heavy (non-hydrogen) atoms. The van der Waals surface area contributed by atoms with Gasteiger partial charge in [0.2, 0.25) is 10.0 Å². The second-order valence-electron chi connectivity index (χ2n) is 4.42. The molecule has 0 spiro atoms. The molecule has 0 aliphatic carbocycles. The molecule has 1 aliphatic rings. The number of H-pyrrole nitrogens is 1. The fourth-order valence-electron chi connectivity index (χ4n) is 2.16. The van der Waals surface area contributed by atoms with Gasteiger partial charge in [0.05, 0.1) is 11.1 Å². The Balaban J connectivity index is 1.92. The topological polar surface area (TPSA) is 66.1 Å². The molecule has 0 amide bonds. The Labute approximate surface area is 110 Å². The lowest BCUT2D eigenvalue weighted by Gasteiger charge is -2.25. The van der Waals surface area contributed by atoms with Crippen LogP contribution in [0, 0.1) is 5.82 Å². The molecule has 2 heterocycles. The van der Waals surface area contributed by atoms with Gasteiger partial charge in [-0.25, -0.2) is 12.8 Å². The van der Waals surface area contributed by atoms with Gasteiger partial charge in [-0.3, -0.25) is 5.10 Å². The number of aromatic amines is 1. The van der Waals surface area contributed by atoms with Gasteiger partial charge in [0.1, 0.15) is 5.82 Å². The summed E-state index contributed by atoms with van der Waals surface area (Å²) in [6, 6.07) is 4.88. The minimum atomic E-state index is -3.57. The van der Waals surface area contributed by atoms with Crippen molar-refractivity contribution >= 4 is 10.0 Å². The summed E-state index contributed by atoms with van der Waals surface area (Å²) in [5, 5.41) is 6.76. The van der Waals surface area contributed by atoms with E-state index in [4.69, 9.17) is 0 Å². The van der Waals surface area contributed by atoms with Crippen LogP contribution in [0.1, 0.15) is 11.3 Å². The normalized spacial score (nSPS) is 16.3. The van der Waals surface area contributed by atoms with Crippen molar-refractivity contribution in [3.8, 4) is 0 Å². The van der Waals surface area contributed by atoms with Gasteiger partial charge < -0.3 is 0 Å². The first-order valence-electron chi connectivity index (χ1n) is 5.84. The number of benzene rings is 1. The third-order valence-corrected chi connectivity index (χ3v) is 5.08. The molecular weight excluding hydrogens is 269 g/mol. The third-order valence-electron chi connectivity index (χ3n) is 3.22. The van der Waals surface area contributed by atoms with Gasteiger partial charge in [-0.15, -0.1) is 0 Å². The Morgan fingerprint density at radius 1 is 1.26 bits per heavy atom. The Kier molecular flexibility index (Phi) is 2.87. The van der Waals surface area contributed by atoms with E-state index in [-0.39, 0.29) is 4.90 Å². The Bertz CT molecular complexity index is 694. The molecule has 5 nitrogen and oxygen atoms in total. The maximum absolute atomic E-state index is 12.9. The second kappa shape index (κ2) is 4.43. The summed E-state index contributed by atoms with van der Waals surface area (Å²) in [5.41, 5.74) is 1.86. The number of halogens is 1. The lowest BCUT2D eigenvalue weighted by atomic mass is 10.1. The Morgan fingerprint density at radius 3 is 2.74 bits per heavy atom. The average molecular weight is 281 g/mol. The van der Waals surface area contributed by atoms with E-state index >= 15 is 0 Å². The molecule has 1 N–H and O–H groups in total. The highest BCUT2D eigenvalue weighted by atomic mass is 32.2. The molecule has 1 aliphatic heterocycles. The van der Waals surface area contributed by atoms with Crippen LogP contribution in [-0.2, 0) is 23.0 Å². The van der Waals surface area contributed by atoms with E-state index in [9.17, 15) is 12.8 Å². The first-order valence-corrected chi connectivity index (χ1v) is 7.28. The Morgan fingerprint density at radius 2 is 2.00 bits per heavy atom. The molecule has 0 bridgehead atoms. The first-order chi connectivity index (χ1) is 9.07. The van der Waals surface area contributed by atoms with Gasteiger partial charge >= 0.3 is 0 Å². The number of nitrogens with zero attached hydrogens (tertiary/aromatic N) is 2. The van der Waals surface area contributed by atoms with Gasteiger partial charge in [0.25, 0.3) is 0 Å². The number of hydrogen-bond acceptors (Lipinski definition) is 3. The van der Waals surface area contributed by atoms with Crippen molar-refractivity contribution in [1.82, 2.24) is 14.5 Å². The van der Waals surface area contributed by atoms with Crippen LogP contribution in [0.25, 0.3) is 0 Å². The van der Waals surface area contributed by atoms with Crippen molar-refractivity contribution in [3.05, 3.63) is 47.5 Å². The highest BCUT2D eigenvalue weighted by molar-refractivity contribution is 7.89. The van der Waals surface area contributed by atoms with Crippen molar-refractivity contribution in [2.24, 2.45) is 0 Å². The van der Waals surface area contributed by atoms with E-state index in [1.807, 2.05) is 0 Å². The highest BCUT2D eigenvalue weighted by Crippen LogP contribution is 2.23. The second-order valence-corrected chi connectivity index (χ2v) is 6.35. The minimum absolute atomic E-state index is 0.112. The molecule has 0 fully saturated rings. The molecule has 1 aromatic heterocycles. The van der Waals surface area contributed by atoms with E-state index in [1.54, 1.807) is 6.20 Å². The summed E-state index contributed by atoms with van der Waals surface area (Å²) in [6.45, 7) is 0.695. The van der Waals surface area contributed by atoms with Crippen molar-refractivity contribution in [3.63, 3.8) is 0 Å². The summed E-state index contributed by atoms with van der Waals surface area (Å²) in [7, 11) is -3.57. The zero-order valence-electron chi connectivity index (χ0n) is 10.0. The third kappa shape index (κ3) is 2.15. The molecule has 2 aromatic rings. The molecule has 100 valence electrons. The van der Waals surface area contributed by atoms with E-state index in [0.29, 0.717) is 19.5 Å².